The third-order valence-corrected chi connectivity index (χ3v) is 4.77. The quantitative estimate of drug-likeness (QED) is 0.915. The molecule has 7 heteroatoms. The Bertz CT molecular complexity index is 798. The predicted octanol–water partition coefficient (Wildman–Crippen LogP) is 2.94. The van der Waals surface area contributed by atoms with E-state index < -0.39 is 5.79 Å². The van der Waals surface area contributed by atoms with Gasteiger partial charge in [-0.1, -0.05) is 12.1 Å². The van der Waals surface area contributed by atoms with Gasteiger partial charge in [0.05, 0.1) is 18.9 Å². The second kappa shape index (κ2) is 7.01. The fourth-order valence-corrected chi connectivity index (χ4v) is 3.35. The van der Waals surface area contributed by atoms with Crippen LogP contribution in [0, 0.1) is 5.82 Å². The Balaban J connectivity index is 1.44. The van der Waals surface area contributed by atoms with Crippen LogP contribution in [0.5, 0.6) is 0 Å². The van der Waals surface area contributed by atoms with E-state index in [1.54, 1.807) is 41.4 Å². The molecule has 1 aromatic carbocycles. The fourth-order valence-electron chi connectivity index (χ4n) is 3.35. The van der Waals surface area contributed by atoms with E-state index in [1.165, 1.54) is 6.07 Å². The summed E-state index contributed by atoms with van der Waals surface area (Å²) >= 11 is 0. The number of aromatic nitrogens is 1. The van der Waals surface area contributed by atoms with Crippen molar-refractivity contribution in [2.45, 2.75) is 18.6 Å². The summed E-state index contributed by atoms with van der Waals surface area (Å²) in [5.41, 5.74) is 0.836. The first kappa shape index (κ1) is 16.9. The van der Waals surface area contributed by atoms with Gasteiger partial charge in [-0.2, -0.15) is 0 Å². The van der Waals surface area contributed by atoms with Crippen LogP contribution in [0.25, 0.3) is 0 Å². The Labute approximate surface area is 150 Å². The number of hydrogen-bond donors (Lipinski definition) is 1. The number of amides is 1. The highest BCUT2D eigenvalue weighted by Crippen LogP contribution is 2.31. The summed E-state index contributed by atoms with van der Waals surface area (Å²) in [5, 5.41) is 2.91. The van der Waals surface area contributed by atoms with Crippen molar-refractivity contribution in [2.75, 3.05) is 31.6 Å². The van der Waals surface area contributed by atoms with Crippen LogP contribution in [0.4, 0.5) is 15.9 Å². The molecular weight excluding hydrogens is 337 g/mol. The maximum Gasteiger partial charge on any atom is 0.254 e. The number of rotatable bonds is 3. The molecule has 0 unspecified atom stereocenters. The van der Waals surface area contributed by atoms with Crippen molar-refractivity contribution in [3.8, 4) is 0 Å². The van der Waals surface area contributed by atoms with Crippen molar-refractivity contribution in [1.82, 2.24) is 9.88 Å². The van der Waals surface area contributed by atoms with Gasteiger partial charge in [-0.3, -0.25) is 4.79 Å². The van der Waals surface area contributed by atoms with Gasteiger partial charge in [-0.05, 0) is 24.3 Å². The van der Waals surface area contributed by atoms with E-state index >= 15 is 0 Å². The highest BCUT2D eigenvalue weighted by molar-refractivity contribution is 5.95. The van der Waals surface area contributed by atoms with E-state index in [9.17, 15) is 9.18 Å². The number of pyridine rings is 1. The number of anilines is 2. The molecule has 3 heterocycles. The SMILES string of the molecule is O=C(c1ccnc(Nc2ccccc2F)c1)N1CCC2(CC1)OCCO2. The lowest BCUT2D eigenvalue weighted by molar-refractivity contribution is -0.181. The first-order valence-corrected chi connectivity index (χ1v) is 8.70. The summed E-state index contributed by atoms with van der Waals surface area (Å²) in [6, 6.07) is 9.65. The van der Waals surface area contributed by atoms with E-state index in [2.05, 4.69) is 10.3 Å². The molecule has 2 aromatic rings. The lowest BCUT2D eigenvalue weighted by Gasteiger charge is -2.37. The topological polar surface area (TPSA) is 63.7 Å². The van der Waals surface area contributed by atoms with Gasteiger partial charge in [0.2, 0.25) is 0 Å². The number of nitrogens with one attached hydrogen (secondary N) is 1. The minimum absolute atomic E-state index is 0.0724. The van der Waals surface area contributed by atoms with Gasteiger partial charge < -0.3 is 19.7 Å². The van der Waals surface area contributed by atoms with Crippen molar-refractivity contribution < 1.29 is 18.7 Å². The third kappa shape index (κ3) is 3.40. The zero-order valence-electron chi connectivity index (χ0n) is 14.3. The monoisotopic (exact) mass is 357 g/mol. The molecule has 4 rings (SSSR count). The van der Waals surface area contributed by atoms with Crippen LogP contribution in [0.2, 0.25) is 0 Å². The van der Waals surface area contributed by atoms with Crippen LogP contribution < -0.4 is 5.32 Å². The van der Waals surface area contributed by atoms with E-state index in [0.29, 0.717) is 56.2 Å². The Hall–Kier alpha value is -2.51. The molecule has 0 atom stereocenters. The van der Waals surface area contributed by atoms with Gasteiger partial charge in [-0.15, -0.1) is 0 Å². The molecule has 26 heavy (non-hydrogen) atoms. The van der Waals surface area contributed by atoms with Crippen molar-refractivity contribution in [3.05, 3.63) is 54.0 Å². The number of nitrogens with zero attached hydrogens (tertiary/aromatic N) is 2. The normalized spacial score (nSPS) is 18.9. The van der Waals surface area contributed by atoms with Crippen LogP contribution in [-0.4, -0.2) is 47.9 Å². The molecule has 2 aliphatic rings. The smallest absolute Gasteiger partial charge is 0.254 e. The van der Waals surface area contributed by atoms with Crippen molar-refractivity contribution >= 4 is 17.4 Å². The van der Waals surface area contributed by atoms with Crippen molar-refractivity contribution in [1.29, 1.82) is 0 Å². The van der Waals surface area contributed by atoms with Gasteiger partial charge in [0.15, 0.2) is 5.79 Å². The van der Waals surface area contributed by atoms with Gasteiger partial charge in [0, 0.05) is 37.7 Å². The van der Waals surface area contributed by atoms with Crippen LogP contribution in [-0.2, 0) is 9.47 Å². The Kier molecular flexibility index (Phi) is 4.57. The summed E-state index contributed by atoms with van der Waals surface area (Å²) in [6.45, 7) is 2.39. The van der Waals surface area contributed by atoms with Crippen molar-refractivity contribution in [2.24, 2.45) is 0 Å². The predicted molar refractivity (Wildman–Crippen MR) is 93.7 cm³/mol. The highest BCUT2D eigenvalue weighted by Gasteiger charge is 2.40. The third-order valence-electron chi connectivity index (χ3n) is 4.77. The second-order valence-corrected chi connectivity index (χ2v) is 6.43. The number of carbonyl (C=O) groups excluding carboxylic acids is 1. The summed E-state index contributed by atoms with van der Waals surface area (Å²) in [5.74, 6) is -0.523. The van der Waals surface area contributed by atoms with Crippen molar-refractivity contribution in [3.63, 3.8) is 0 Å². The Morgan fingerprint density at radius 3 is 2.62 bits per heavy atom. The average Bonchev–Trinajstić information content (AvgIpc) is 3.12. The highest BCUT2D eigenvalue weighted by atomic mass is 19.1. The minimum atomic E-state index is -0.507. The van der Waals surface area contributed by atoms with Gasteiger partial charge in [-0.25, -0.2) is 9.37 Å². The lowest BCUT2D eigenvalue weighted by Crippen LogP contribution is -2.47. The fraction of sp³-hybridized carbons (Fsp3) is 0.368. The molecule has 6 nitrogen and oxygen atoms in total. The number of halogens is 1. The standard InChI is InChI=1S/C19H20FN3O3/c20-15-3-1-2-4-16(15)22-17-13-14(5-8-21-17)18(24)23-9-6-19(7-10-23)25-11-12-26-19/h1-5,8,13H,6-7,9-12H2,(H,21,22). The Morgan fingerprint density at radius 1 is 1.15 bits per heavy atom. The van der Waals surface area contributed by atoms with E-state index in [4.69, 9.17) is 9.47 Å². The number of hydrogen-bond acceptors (Lipinski definition) is 5. The molecule has 1 spiro atoms. The number of benzene rings is 1. The zero-order chi connectivity index (χ0) is 18.0. The molecule has 2 fully saturated rings. The van der Waals surface area contributed by atoms with E-state index in [1.807, 2.05) is 0 Å². The Morgan fingerprint density at radius 2 is 1.88 bits per heavy atom. The first-order valence-electron chi connectivity index (χ1n) is 8.70. The number of likely N-dealkylation sites (tertiary alicyclic amines) is 1. The second-order valence-electron chi connectivity index (χ2n) is 6.43. The summed E-state index contributed by atoms with van der Waals surface area (Å²) < 4.78 is 25.2. The molecule has 2 saturated heterocycles. The molecule has 0 bridgehead atoms. The number of para-hydroxylation sites is 1. The van der Waals surface area contributed by atoms with E-state index in [-0.39, 0.29) is 11.7 Å². The number of ether oxygens (including phenoxy) is 2. The maximum absolute atomic E-state index is 13.8. The first-order chi connectivity index (χ1) is 12.7. The molecule has 0 saturated carbocycles. The molecule has 2 aliphatic heterocycles. The average molecular weight is 357 g/mol. The summed E-state index contributed by atoms with van der Waals surface area (Å²) in [6.07, 6.45) is 2.89. The number of piperidine rings is 1. The number of carbonyl (C=O) groups is 1. The summed E-state index contributed by atoms with van der Waals surface area (Å²) in [7, 11) is 0. The molecule has 136 valence electrons. The van der Waals surface area contributed by atoms with E-state index in [0.717, 1.165) is 0 Å². The minimum Gasteiger partial charge on any atom is -0.347 e. The summed E-state index contributed by atoms with van der Waals surface area (Å²) in [4.78, 5) is 18.8. The lowest BCUT2D eigenvalue weighted by atomic mass is 10.0. The maximum atomic E-state index is 13.8. The van der Waals surface area contributed by atoms with Gasteiger partial charge >= 0.3 is 0 Å². The van der Waals surface area contributed by atoms with Crippen LogP contribution in [0.15, 0.2) is 42.6 Å². The van der Waals surface area contributed by atoms with Crippen LogP contribution in [0.3, 0.4) is 0 Å². The van der Waals surface area contributed by atoms with Crippen LogP contribution >= 0.6 is 0 Å². The largest absolute Gasteiger partial charge is 0.347 e. The van der Waals surface area contributed by atoms with Crippen LogP contribution in [0.1, 0.15) is 23.2 Å². The molecule has 0 aliphatic carbocycles. The molecule has 0 radical (unpaired) electrons. The van der Waals surface area contributed by atoms with Gasteiger partial charge in [0.1, 0.15) is 11.6 Å². The van der Waals surface area contributed by atoms with Gasteiger partial charge in [0.25, 0.3) is 5.91 Å². The molecule has 1 N–H and O–H groups in total. The molecular formula is C19H20FN3O3. The molecule has 1 amide bonds. The molecule has 1 aromatic heterocycles. The zero-order valence-corrected chi connectivity index (χ0v) is 14.3.